The van der Waals surface area contributed by atoms with Crippen LogP contribution < -0.4 is 19.4 Å². The van der Waals surface area contributed by atoms with Gasteiger partial charge in [0.15, 0.2) is 0 Å². The first-order valence-electron chi connectivity index (χ1n) is 11.7. The van der Waals surface area contributed by atoms with Gasteiger partial charge in [0.1, 0.15) is 12.3 Å². The van der Waals surface area contributed by atoms with Crippen LogP contribution in [0.15, 0.2) is 82.8 Å². The maximum atomic E-state index is 13.4. The van der Waals surface area contributed by atoms with Crippen LogP contribution in [0.25, 0.3) is 0 Å². The van der Waals surface area contributed by atoms with Gasteiger partial charge in [0.05, 0.1) is 23.9 Å². The summed E-state index contributed by atoms with van der Waals surface area (Å²) in [7, 11) is -2.48. The van der Waals surface area contributed by atoms with Crippen LogP contribution in [0, 0.1) is 6.92 Å². The summed E-state index contributed by atoms with van der Waals surface area (Å²) in [6.07, 6.45) is 1.52. The van der Waals surface area contributed by atoms with Crippen LogP contribution in [-0.4, -0.2) is 47.3 Å². The van der Waals surface area contributed by atoms with E-state index in [1.165, 1.54) is 25.5 Å². The lowest BCUT2D eigenvalue weighted by Crippen LogP contribution is -2.39. The van der Waals surface area contributed by atoms with Crippen molar-refractivity contribution in [3.05, 3.63) is 83.9 Å². The molecule has 0 heterocycles. The average molecular weight is 509 g/mol. The van der Waals surface area contributed by atoms with Crippen LogP contribution in [-0.2, 0) is 14.8 Å². The van der Waals surface area contributed by atoms with E-state index in [2.05, 4.69) is 29.3 Å². The number of nitrogens with one attached hydrogen (secondary N) is 1. The van der Waals surface area contributed by atoms with E-state index in [0.717, 1.165) is 34.2 Å². The first-order valence-corrected chi connectivity index (χ1v) is 13.1. The lowest BCUT2D eigenvalue weighted by Gasteiger charge is -2.24. The monoisotopic (exact) mass is 508 g/mol. The number of rotatable bonds is 11. The summed E-state index contributed by atoms with van der Waals surface area (Å²) in [6, 6.07) is 20.8. The SMILES string of the molecule is CCN(CC)c1ccc(/C=N\NC(=O)CN(c2ccc(OC)cc2)S(=O)(=O)c2ccc(C)cc2)cc1. The molecule has 0 radical (unpaired) electrons. The van der Waals surface area contributed by atoms with Gasteiger partial charge in [-0.15, -0.1) is 0 Å². The zero-order chi connectivity index (χ0) is 26.1. The highest BCUT2D eigenvalue weighted by molar-refractivity contribution is 7.92. The Labute approximate surface area is 213 Å². The number of carbonyl (C=O) groups excluding carboxylic acids is 1. The molecule has 0 aliphatic rings. The van der Waals surface area contributed by atoms with Gasteiger partial charge >= 0.3 is 0 Å². The summed E-state index contributed by atoms with van der Waals surface area (Å²) in [5.74, 6) is 0.00464. The molecule has 0 spiro atoms. The molecule has 0 atom stereocenters. The lowest BCUT2D eigenvalue weighted by atomic mass is 10.2. The highest BCUT2D eigenvalue weighted by atomic mass is 32.2. The maximum absolute atomic E-state index is 13.4. The number of hydrogen-bond acceptors (Lipinski definition) is 6. The van der Waals surface area contributed by atoms with Crippen molar-refractivity contribution in [2.75, 3.05) is 35.9 Å². The second kappa shape index (κ2) is 12.2. The Balaban J connectivity index is 1.77. The second-order valence-corrected chi connectivity index (χ2v) is 9.94. The molecule has 8 nitrogen and oxygen atoms in total. The third-order valence-electron chi connectivity index (χ3n) is 5.68. The molecule has 1 N–H and O–H groups in total. The number of amides is 1. The second-order valence-electron chi connectivity index (χ2n) is 8.08. The van der Waals surface area contributed by atoms with Gasteiger partial charge in [-0.3, -0.25) is 9.10 Å². The van der Waals surface area contributed by atoms with Crippen LogP contribution in [0.5, 0.6) is 5.75 Å². The summed E-state index contributed by atoms with van der Waals surface area (Å²) >= 11 is 0. The van der Waals surface area contributed by atoms with Gasteiger partial charge in [0.25, 0.3) is 15.9 Å². The minimum atomic E-state index is -4.01. The molecule has 0 saturated carbocycles. The van der Waals surface area contributed by atoms with Gasteiger partial charge in [-0.05, 0) is 74.9 Å². The molecule has 0 aliphatic heterocycles. The fraction of sp³-hybridized carbons (Fsp3) is 0.259. The Morgan fingerprint density at radius 3 is 2.06 bits per heavy atom. The Morgan fingerprint density at radius 2 is 1.50 bits per heavy atom. The molecule has 0 aliphatic carbocycles. The molecule has 0 fully saturated rings. The molecule has 0 saturated heterocycles. The zero-order valence-corrected chi connectivity index (χ0v) is 21.8. The third kappa shape index (κ3) is 6.63. The fourth-order valence-electron chi connectivity index (χ4n) is 3.61. The number of benzene rings is 3. The molecule has 1 amide bonds. The number of anilines is 2. The normalized spacial score (nSPS) is 11.3. The number of ether oxygens (including phenoxy) is 1. The molecule has 36 heavy (non-hydrogen) atoms. The summed E-state index contributed by atoms with van der Waals surface area (Å²) in [6.45, 7) is 7.46. The predicted molar refractivity (Wildman–Crippen MR) is 144 cm³/mol. The van der Waals surface area contributed by atoms with Gasteiger partial charge in [0.2, 0.25) is 0 Å². The Kier molecular flexibility index (Phi) is 9.08. The highest BCUT2D eigenvalue weighted by Crippen LogP contribution is 2.26. The van der Waals surface area contributed by atoms with Crippen molar-refractivity contribution in [2.24, 2.45) is 5.10 Å². The standard InChI is InChI=1S/C27H32N4O4S/c1-5-30(6-2)23-11-9-22(10-12-23)19-28-29-27(32)20-31(24-13-15-25(35-4)16-14-24)36(33,34)26-17-7-21(3)8-18-26/h7-19H,5-6,20H2,1-4H3,(H,29,32)/b28-19-. The molecule has 0 unspecified atom stereocenters. The van der Waals surface area contributed by atoms with E-state index >= 15 is 0 Å². The van der Waals surface area contributed by atoms with Gasteiger partial charge in [-0.1, -0.05) is 29.8 Å². The van der Waals surface area contributed by atoms with Crippen molar-refractivity contribution in [3.63, 3.8) is 0 Å². The van der Waals surface area contributed by atoms with E-state index in [-0.39, 0.29) is 4.90 Å². The van der Waals surface area contributed by atoms with Gasteiger partial charge in [0, 0.05) is 18.8 Å². The molecule has 190 valence electrons. The van der Waals surface area contributed by atoms with E-state index in [0.29, 0.717) is 11.4 Å². The summed E-state index contributed by atoms with van der Waals surface area (Å²) in [5.41, 5.74) is 5.62. The van der Waals surface area contributed by atoms with E-state index < -0.39 is 22.5 Å². The van der Waals surface area contributed by atoms with Crippen molar-refractivity contribution < 1.29 is 17.9 Å². The van der Waals surface area contributed by atoms with Gasteiger partial charge in [-0.2, -0.15) is 5.10 Å². The number of carbonyl (C=O) groups is 1. The quantitative estimate of drug-likeness (QED) is 0.310. The predicted octanol–water partition coefficient (Wildman–Crippen LogP) is 4.20. The van der Waals surface area contributed by atoms with Gasteiger partial charge in [-0.25, -0.2) is 13.8 Å². The topological polar surface area (TPSA) is 91.3 Å². The Hall–Kier alpha value is -3.85. The molecular formula is C27H32N4O4S. The van der Waals surface area contributed by atoms with Crippen molar-refractivity contribution in [2.45, 2.75) is 25.7 Å². The number of sulfonamides is 1. The van der Waals surface area contributed by atoms with Gasteiger partial charge < -0.3 is 9.64 Å². The number of nitrogens with zero attached hydrogens (tertiary/aromatic N) is 3. The van der Waals surface area contributed by atoms with Crippen molar-refractivity contribution >= 4 is 33.5 Å². The number of aryl methyl sites for hydroxylation is 1. The molecule has 3 aromatic rings. The summed E-state index contributed by atoms with van der Waals surface area (Å²) in [5, 5.41) is 4.02. The van der Waals surface area contributed by atoms with Crippen molar-refractivity contribution in [1.29, 1.82) is 0 Å². The molecule has 0 bridgehead atoms. The smallest absolute Gasteiger partial charge is 0.264 e. The minimum Gasteiger partial charge on any atom is -0.497 e. The summed E-state index contributed by atoms with van der Waals surface area (Å²) in [4.78, 5) is 15.0. The molecule has 0 aromatic heterocycles. The third-order valence-corrected chi connectivity index (χ3v) is 7.47. The number of hydrogen-bond donors (Lipinski definition) is 1. The maximum Gasteiger partial charge on any atom is 0.264 e. The van der Waals surface area contributed by atoms with Crippen LogP contribution in [0.4, 0.5) is 11.4 Å². The molecular weight excluding hydrogens is 476 g/mol. The Morgan fingerprint density at radius 1 is 0.917 bits per heavy atom. The highest BCUT2D eigenvalue weighted by Gasteiger charge is 2.27. The largest absolute Gasteiger partial charge is 0.497 e. The minimum absolute atomic E-state index is 0.0912. The van der Waals surface area contributed by atoms with E-state index in [9.17, 15) is 13.2 Å². The van der Waals surface area contributed by atoms with Crippen molar-refractivity contribution in [3.8, 4) is 5.75 Å². The molecule has 9 heteroatoms. The first-order chi connectivity index (χ1) is 17.3. The van der Waals surface area contributed by atoms with E-state index in [4.69, 9.17) is 4.74 Å². The van der Waals surface area contributed by atoms with Crippen LogP contribution in [0.2, 0.25) is 0 Å². The molecule has 3 aromatic carbocycles. The van der Waals surface area contributed by atoms with Crippen LogP contribution in [0.3, 0.4) is 0 Å². The van der Waals surface area contributed by atoms with Crippen LogP contribution in [0.1, 0.15) is 25.0 Å². The fourth-order valence-corrected chi connectivity index (χ4v) is 5.03. The average Bonchev–Trinajstić information content (AvgIpc) is 2.89. The lowest BCUT2D eigenvalue weighted by molar-refractivity contribution is -0.119. The van der Waals surface area contributed by atoms with Crippen molar-refractivity contribution in [1.82, 2.24) is 5.43 Å². The Bertz CT molecular complexity index is 1270. The molecule has 3 rings (SSSR count). The summed E-state index contributed by atoms with van der Waals surface area (Å²) < 4.78 is 33.1. The van der Waals surface area contributed by atoms with E-state index in [1.54, 1.807) is 36.4 Å². The van der Waals surface area contributed by atoms with Crippen LogP contribution >= 0.6 is 0 Å². The number of hydrazone groups is 1. The van der Waals surface area contributed by atoms with E-state index in [1.807, 2.05) is 31.2 Å². The first kappa shape index (κ1) is 26.7. The number of methoxy groups -OCH3 is 1. The zero-order valence-electron chi connectivity index (χ0n) is 21.0.